The number of H-pyrrole nitrogens is 1. The molecule has 0 aliphatic heterocycles. The van der Waals surface area contributed by atoms with Crippen LogP contribution in [-0.2, 0) is 0 Å². The van der Waals surface area contributed by atoms with Crippen LogP contribution in [0.3, 0.4) is 0 Å². The van der Waals surface area contributed by atoms with Crippen molar-refractivity contribution in [2.45, 2.75) is 0 Å². The third kappa shape index (κ3) is 2.65. The summed E-state index contributed by atoms with van der Waals surface area (Å²) in [6.07, 6.45) is 3.00. The Balaban J connectivity index is 1.69. The predicted molar refractivity (Wildman–Crippen MR) is 72.8 cm³/mol. The Bertz CT molecular complexity index is 747. The lowest BCUT2D eigenvalue weighted by molar-refractivity contribution is 0.0846. The van der Waals surface area contributed by atoms with E-state index in [1.807, 2.05) is 0 Å². The van der Waals surface area contributed by atoms with Crippen molar-refractivity contribution in [2.24, 2.45) is 0 Å². The molecule has 0 fully saturated rings. The number of hydrogen-bond donors (Lipinski definition) is 3. The van der Waals surface area contributed by atoms with Crippen molar-refractivity contribution >= 4 is 23.2 Å². The minimum Gasteiger partial charge on any atom is -0.357 e. The Kier molecular flexibility index (Phi) is 3.43. The molecule has 0 atom stereocenters. The highest BCUT2D eigenvalue weighted by atomic mass is 32.1. The van der Waals surface area contributed by atoms with E-state index < -0.39 is 11.8 Å². The molecule has 0 unspecified atom stereocenters. The zero-order valence-electron chi connectivity index (χ0n) is 10.5. The van der Waals surface area contributed by atoms with Crippen LogP contribution in [0.4, 0.5) is 0 Å². The van der Waals surface area contributed by atoms with Gasteiger partial charge in [-0.3, -0.25) is 20.4 Å². The Hall–Kier alpha value is -3.01. The van der Waals surface area contributed by atoms with Gasteiger partial charge in [-0.1, -0.05) is 0 Å². The van der Waals surface area contributed by atoms with Gasteiger partial charge in [-0.25, -0.2) is 0 Å². The molecule has 3 aromatic heterocycles. The summed E-state index contributed by atoms with van der Waals surface area (Å²) in [5, 5.41) is 12.5. The van der Waals surface area contributed by atoms with E-state index in [0.29, 0.717) is 16.3 Å². The summed E-state index contributed by atoms with van der Waals surface area (Å²) >= 11 is 1.22. The number of hydrazine groups is 1. The van der Waals surface area contributed by atoms with Gasteiger partial charge >= 0.3 is 0 Å². The molecular formula is C11H9N7O2S. The zero-order chi connectivity index (χ0) is 14.7. The van der Waals surface area contributed by atoms with E-state index in [1.165, 1.54) is 22.3 Å². The van der Waals surface area contributed by atoms with Gasteiger partial charge in [-0.05, 0) is 34.0 Å². The van der Waals surface area contributed by atoms with Crippen LogP contribution in [0.5, 0.6) is 0 Å². The lowest BCUT2D eigenvalue weighted by Gasteiger charge is -2.06. The minimum absolute atomic E-state index is 0.349. The number of thiophene rings is 1. The van der Waals surface area contributed by atoms with Gasteiger partial charge < -0.3 is 4.98 Å². The van der Waals surface area contributed by atoms with E-state index in [4.69, 9.17) is 0 Å². The molecule has 0 saturated carbocycles. The summed E-state index contributed by atoms with van der Waals surface area (Å²) in [6, 6.07) is 4.99. The minimum atomic E-state index is -0.449. The van der Waals surface area contributed by atoms with Crippen LogP contribution in [0, 0.1) is 0 Å². The van der Waals surface area contributed by atoms with Crippen LogP contribution in [0.25, 0.3) is 5.69 Å². The quantitative estimate of drug-likeness (QED) is 0.594. The number of carbonyl (C=O) groups excluding carboxylic acids is 2. The molecule has 106 valence electrons. The van der Waals surface area contributed by atoms with Gasteiger partial charge in [-0.2, -0.15) is 4.68 Å². The standard InChI is InChI=1S/C11H9N7O2S/c19-10(7-2-1-4-12-7)14-15-11(20)9-8(3-5-21-9)18-6-13-16-17-18/h1-6,12H,(H,14,19)(H,15,20). The van der Waals surface area contributed by atoms with E-state index in [9.17, 15) is 9.59 Å². The predicted octanol–water partition coefficient (Wildman–Crippen LogP) is 0.127. The number of tetrazole rings is 1. The second kappa shape index (κ2) is 5.54. The van der Waals surface area contributed by atoms with Crippen LogP contribution in [0.2, 0.25) is 0 Å². The van der Waals surface area contributed by atoms with Crippen LogP contribution >= 0.6 is 11.3 Å². The molecule has 3 heterocycles. The van der Waals surface area contributed by atoms with E-state index in [-0.39, 0.29) is 0 Å². The fourth-order valence-corrected chi connectivity index (χ4v) is 2.41. The third-order valence-corrected chi connectivity index (χ3v) is 3.48. The lowest BCUT2D eigenvalue weighted by Crippen LogP contribution is -2.41. The summed E-state index contributed by atoms with van der Waals surface area (Å²) in [4.78, 5) is 26.9. The maximum absolute atomic E-state index is 12.1. The second-order valence-electron chi connectivity index (χ2n) is 3.88. The van der Waals surface area contributed by atoms with E-state index >= 15 is 0 Å². The van der Waals surface area contributed by atoms with Gasteiger partial charge in [0, 0.05) is 6.20 Å². The smallest absolute Gasteiger partial charge is 0.286 e. The summed E-state index contributed by atoms with van der Waals surface area (Å²) in [5.41, 5.74) is 5.55. The molecule has 3 N–H and O–H groups in total. The molecule has 3 rings (SSSR count). The first-order chi connectivity index (χ1) is 10.3. The molecule has 3 aromatic rings. The first-order valence-electron chi connectivity index (χ1n) is 5.80. The maximum atomic E-state index is 12.1. The first-order valence-corrected chi connectivity index (χ1v) is 6.68. The highest BCUT2D eigenvalue weighted by Crippen LogP contribution is 2.19. The van der Waals surface area contributed by atoms with Crippen molar-refractivity contribution in [3.05, 3.63) is 46.7 Å². The SMILES string of the molecule is O=C(NNC(=O)c1sccc1-n1cnnn1)c1ccc[nH]1. The van der Waals surface area contributed by atoms with Gasteiger partial charge in [0.05, 0.1) is 5.69 Å². The van der Waals surface area contributed by atoms with E-state index in [0.717, 1.165) is 0 Å². The van der Waals surface area contributed by atoms with Crippen molar-refractivity contribution in [1.29, 1.82) is 0 Å². The molecule has 0 saturated heterocycles. The number of nitrogens with one attached hydrogen (secondary N) is 3. The molecule has 21 heavy (non-hydrogen) atoms. The van der Waals surface area contributed by atoms with Gasteiger partial charge in [0.15, 0.2) is 0 Å². The molecule has 0 bridgehead atoms. The zero-order valence-corrected chi connectivity index (χ0v) is 11.3. The number of carbonyl (C=O) groups is 2. The second-order valence-corrected chi connectivity index (χ2v) is 4.80. The fraction of sp³-hybridized carbons (Fsp3) is 0. The number of amides is 2. The molecule has 10 heteroatoms. The Morgan fingerprint density at radius 1 is 1.24 bits per heavy atom. The first kappa shape index (κ1) is 13.0. The molecule has 9 nitrogen and oxygen atoms in total. The van der Waals surface area contributed by atoms with Crippen molar-refractivity contribution in [1.82, 2.24) is 36.0 Å². The summed E-state index contributed by atoms with van der Waals surface area (Å²) < 4.78 is 1.37. The fourth-order valence-electron chi connectivity index (χ4n) is 1.63. The average molecular weight is 303 g/mol. The summed E-state index contributed by atoms with van der Waals surface area (Å²) in [5.74, 6) is -0.885. The normalized spacial score (nSPS) is 10.3. The Morgan fingerprint density at radius 3 is 2.81 bits per heavy atom. The molecule has 0 aliphatic carbocycles. The summed E-state index contributed by atoms with van der Waals surface area (Å²) in [6.45, 7) is 0. The van der Waals surface area contributed by atoms with Crippen molar-refractivity contribution in [2.75, 3.05) is 0 Å². The van der Waals surface area contributed by atoms with Gasteiger partial charge in [0.2, 0.25) is 0 Å². The number of nitrogens with zero attached hydrogens (tertiary/aromatic N) is 4. The molecule has 0 aromatic carbocycles. The van der Waals surface area contributed by atoms with E-state index in [1.54, 1.807) is 29.8 Å². The summed E-state index contributed by atoms with van der Waals surface area (Å²) in [7, 11) is 0. The van der Waals surface area contributed by atoms with Crippen LogP contribution in [-0.4, -0.2) is 37.0 Å². The number of hydrogen-bond acceptors (Lipinski definition) is 6. The Morgan fingerprint density at radius 2 is 2.10 bits per heavy atom. The van der Waals surface area contributed by atoms with Crippen molar-refractivity contribution < 1.29 is 9.59 Å². The van der Waals surface area contributed by atoms with Crippen molar-refractivity contribution in [3.63, 3.8) is 0 Å². The van der Waals surface area contributed by atoms with Crippen molar-refractivity contribution in [3.8, 4) is 5.69 Å². The molecule has 0 aliphatic rings. The number of rotatable bonds is 3. The Labute approximate surface area is 122 Å². The number of aromatic nitrogens is 5. The van der Waals surface area contributed by atoms with Crippen LogP contribution < -0.4 is 10.9 Å². The monoisotopic (exact) mass is 303 g/mol. The molecule has 0 spiro atoms. The van der Waals surface area contributed by atoms with Crippen LogP contribution in [0.1, 0.15) is 20.2 Å². The maximum Gasteiger partial charge on any atom is 0.286 e. The number of aromatic amines is 1. The third-order valence-electron chi connectivity index (χ3n) is 2.58. The largest absolute Gasteiger partial charge is 0.357 e. The van der Waals surface area contributed by atoms with Gasteiger partial charge in [-0.15, -0.1) is 16.4 Å². The lowest BCUT2D eigenvalue weighted by atomic mass is 10.4. The average Bonchev–Trinajstić information content (AvgIpc) is 3.25. The molecule has 0 radical (unpaired) electrons. The van der Waals surface area contributed by atoms with Gasteiger partial charge in [0.25, 0.3) is 11.8 Å². The topological polar surface area (TPSA) is 118 Å². The van der Waals surface area contributed by atoms with Crippen LogP contribution in [0.15, 0.2) is 36.1 Å². The molecular weight excluding hydrogens is 294 g/mol. The van der Waals surface area contributed by atoms with Gasteiger partial charge in [0.1, 0.15) is 16.9 Å². The highest BCUT2D eigenvalue weighted by molar-refractivity contribution is 7.12. The van der Waals surface area contributed by atoms with E-state index in [2.05, 4.69) is 31.4 Å². The molecule has 2 amide bonds. The highest BCUT2D eigenvalue weighted by Gasteiger charge is 2.16.